The standard InChI is InChI=1S/C20H21N5O2/c26-18-15-11-21-19(22-16-10-9-12-5-1-4-8-14(12)16)23-17(15)24-20(27)25(18)13-6-2-3-7-13/h1,4-5,8,11,13,16H,2-3,6-7,9-10H2,(H2,21,22,23,24,27). The molecule has 3 aromatic rings. The molecule has 1 saturated carbocycles. The zero-order valence-electron chi connectivity index (χ0n) is 14.9. The zero-order valence-corrected chi connectivity index (χ0v) is 14.9. The van der Waals surface area contributed by atoms with Crippen molar-refractivity contribution in [1.29, 1.82) is 0 Å². The SMILES string of the molecule is O=c1[nH]c2nc(NC3CCc4ccccc43)ncc2c(=O)n1C1CCCC1. The van der Waals surface area contributed by atoms with Gasteiger partial charge in [0.25, 0.3) is 5.56 Å². The fraction of sp³-hybridized carbons (Fsp3) is 0.400. The molecule has 0 amide bonds. The van der Waals surface area contributed by atoms with Gasteiger partial charge in [0, 0.05) is 12.2 Å². The molecule has 1 aromatic carbocycles. The molecule has 0 radical (unpaired) electrons. The van der Waals surface area contributed by atoms with Crippen LogP contribution in [-0.2, 0) is 6.42 Å². The summed E-state index contributed by atoms with van der Waals surface area (Å²) in [4.78, 5) is 36.8. The van der Waals surface area contributed by atoms with Gasteiger partial charge in [0.15, 0.2) is 5.65 Å². The van der Waals surface area contributed by atoms with Gasteiger partial charge in [0.1, 0.15) is 5.39 Å². The van der Waals surface area contributed by atoms with E-state index in [0.29, 0.717) is 17.0 Å². The third-order valence-corrected chi connectivity index (χ3v) is 5.81. The van der Waals surface area contributed by atoms with Crippen LogP contribution in [0.25, 0.3) is 11.0 Å². The van der Waals surface area contributed by atoms with Crippen molar-refractivity contribution in [1.82, 2.24) is 19.5 Å². The van der Waals surface area contributed by atoms with Gasteiger partial charge in [-0.2, -0.15) is 4.98 Å². The first-order chi connectivity index (χ1) is 13.2. The molecular weight excluding hydrogens is 342 g/mol. The number of aryl methyl sites for hydroxylation is 1. The van der Waals surface area contributed by atoms with Crippen molar-refractivity contribution in [3.63, 3.8) is 0 Å². The molecule has 1 atom stereocenters. The summed E-state index contributed by atoms with van der Waals surface area (Å²) >= 11 is 0. The van der Waals surface area contributed by atoms with Crippen molar-refractivity contribution in [2.24, 2.45) is 0 Å². The predicted octanol–water partition coefficient (Wildman–Crippen LogP) is 2.69. The minimum Gasteiger partial charge on any atom is -0.347 e. The van der Waals surface area contributed by atoms with Crippen LogP contribution in [-0.4, -0.2) is 19.5 Å². The van der Waals surface area contributed by atoms with Gasteiger partial charge in [-0.1, -0.05) is 37.1 Å². The molecule has 2 aromatic heterocycles. The van der Waals surface area contributed by atoms with Gasteiger partial charge >= 0.3 is 5.69 Å². The maximum absolute atomic E-state index is 12.8. The van der Waals surface area contributed by atoms with Crippen LogP contribution in [0, 0.1) is 0 Å². The van der Waals surface area contributed by atoms with Gasteiger partial charge in [0.05, 0.1) is 6.04 Å². The molecule has 2 aliphatic rings. The molecule has 0 saturated heterocycles. The highest BCUT2D eigenvalue weighted by molar-refractivity contribution is 5.73. The zero-order chi connectivity index (χ0) is 18.4. The fourth-order valence-electron chi connectivity index (χ4n) is 4.44. The molecule has 138 valence electrons. The van der Waals surface area contributed by atoms with Gasteiger partial charge in [-0.05, 0) is 36.8 Å². The van der Waals surface area contributed by atoms with E-state index in [1.54, 1.807) is 0 Å². The van der Waals surface area contributed by atoms with Crippen LogP contribution < -0.4 is 16.6 Å². The molecular formula is C20H21N5O2. The third-order valence-electron chi connectivity index (χ3n) is 5.81. The molecule has 1 unspecified atom stereocenters. The van der Waals surface area contributed by atoms with E-state index in [1.807, 2.05) is 12.1 Å². The highest BCUT2D eigenvalue weighted by Crippen LogP contribution is 2.33. The van der Waals surface area contributed by atoms with Crippen molar-refractivity contribution < 1.29 is 0 Å². The van der Waals surface area contributed by atoms with E-state index in [9.17, 15) is 9.59 Å². The second-order valence-corrected chi connectivity index (χ2v) is 7.43. The summed E-state index contributed by atoms with van der Waals surface area (Å²) in [7, 11) is 0. The molecule has 2 aliphatic carbocycles. The third kappa shape index (κ3) is 2.74. The summed E-state index contributed by atoms with van der Waals surface area (Å²) in [5.74, 6) is 0.429. The van der Waals surface area contributed by atoms with E-state index in [4.69, 9.17) is 0 Å². The average Bonchev–Trinajstić information content (AvgIpc) is 3.32. The highest BCUT2D eigenvalue weighted by atomic mass is 16.2. The number of nitrogens with one attached hydrogen (secondary N) is 2. The predicted molar refractivity (Wildman–Crippen MR) is 103 cm³/mol. The molecule has 27 heavy (non-hydrogen) atoms. The maximum Gasteiger partial charge on any atom is 0.330 e. The summed E-state index contributed by atoms with van der Waals surface area (Å²) in [6.07, 6.45) is 7.36. The topological polar surface area (TPSA) is 92.7 Å². The smallest absolute Gasteiger partial charge is 0.330 e. The normalized spacial score (nSPS) is 19.5. The Morgan fingerprint density at radius 2 is 1.93 bits per heavy atom. The van der Waals surface area contributed by atoms with Gasteiger partial charge in [0.2, 0.25) is 5.95 Å². The minimum atomic E-state index is -0.379. The molecule has 0 bridgehead atoms. The second-order valence-electron chi connectivity index (χ2n) is 7.43. The molecule has 0 spiro atoms. The van der Waals surface area contributed by atoms with Crippen LogP contribution in [0.4, 0.5) is 5.95 Å². The van der Waals surface area contributed by atoms with Crippen LogP contribution in [0.3, 0.4) is 0 Å². The molecule has 2 N–H and O–H groups in total. The quantitative estimate of drug-likeness (QED) is 0.746. The molecule has 7 heteroatoms. The van der Waals surface area contributed by atoms with E-state index < -0.39 is 0 Å². The van der Waals surface area contributed by atoms with Crippen molar-refractivity contribution in [3.05, 3.63) is 62.4 Å². The Hall–Kier alpha value is -2.96. The van der Waals surface area contributed by atoms with Crippen molar-refractivity contribution in [3.8, 4) is 0 Å². The number of hydrogen-bond donors (Lipinski definition) is 2. The fourth-order valence-corrected chi connectivity index (χ4v) is 4.44. The molecule has 0 aliphatic heterocycles. The number of rotatable bonds is 3. The Kier molecular flexibility index (Phi) is 3.81. The van der Waals surface area contributed by atoms with Crippen molar-refractivity contribution in [2.75, 3.05) is 5.32 Å². The number of benzene rings is 1. The summed E-state index contributed by atoms with van der Waals surface area (Å²) in [6, 6.07) is 8.46. The van der Waals surface area contributed by atoms with Crippen LogP contribution in [0.2, 0.25) is 0 Å². The van der Waals surface area contributed by atoms with Gasteiger partial charge in [-0.15, -0.1) is 0 Å². The number of aromatic amines is 1. The lowest BCUT2D eigenvalue weighted by Crippen LogP contribution is -2.37. The van der Waals surface area contributed by atoms with Crippen LogP contribution in [0.1, 0.15) is 55.3 Å². The highest BCUT2D eigenvalue weighted by Gasteiger charge is 2.24. The van der Waals surface area contributed by atoms with E-state index >= 15 is 0 Å². The second kappa shape index (κ2) is 6.33. The van der Waals surface area contributed by atoms with Crippen LogP contribution >= 0.6 is 0 Å². The Morgan fingerprint density at radius 1 is 1.11 bits per heavy atom. The van der Waals surface area contributed by atoms with Crippen molar-refractivity contribution in [2.45, 2.75) is 50.6 Å². The summed E-state index contributed by atoms with van der Waals surface area (Å²) in [5.41, 5.74) is 2.21. The summed E-state index contributed by atoms with van der Waals surface area (Å²) < 4.78 is 1.35. The number of fused-ring (bicyclic) bond motifs is 2. The van der Waals surface area contributed by atoms with E-state index in [0.717, 1.165) is 38.5 Å². The molecule has 1 fully saturated rings. The number of hydrogen-bond acceptors (Lipinski definition) is 5. The summed E-state index contributed by atoms with van der Waals surface area (Å²) in [5, 5.41) is 3.70. The Balaban J connectivity index is 1.50. The first kappa shape index (κ1) is 16.2. The van der Waals surface area contributed by atoms with E-state index in [-0.39, 0.29) is 23.3 Å². The lowest BCUT2D eigenvalue weighted by molar-refractivity contribution is 0.483. The van der Waals surface area contributed by atoms with Crippen molar-refractivity contribution >= 4 is 17.0 Å². The lowest BCUT2D eigenvalue weighted by Gasteiger charge is -2.15. The van der Waals surface area contributed by atoms with E-state index in [1.165, 1.54) is 21.9 Å². The molecule has 7 nitrogen and oxygen atoms in total. The Labute approximate surface area is 155 Å². The number of H-pyrrole nitrogens is 1. The first-order valence-corrected chi connectivity index (χ1v) is 9.56. The number of anilines is 1. The van der Waals surface area contributed by atoms with Crippen LogP contribution in [0.5, 0.6) is 0 Å². The lowest BCUT2D eigenvalue weighted by atomic mass is 10.1. The van der Waals surface area contributed by atoms with Gasteiger partial charge in [-0.25, -0.2) is 9.78 Å². The molecule has 2 heterocycles. The number of aromatic nitrogens is 4. The Morgan fingerprint density at radius 3 is 2.78 bits per heavy atom. The summed E-state index contributed by atoms with van der Waals surface area (Å²) in [6.45, 7) is 0. The average molecular weight is 363 g/mol. The largest absolute Gasteiger partial charge is 0.347 e. The molecule has 5 rings (SSSR count). The van der Waals surface area contributed by atoms with E-state index in [2.05, 4.69) is 32.4 Å². The van der Waals surface area contributed by atoms with Crippen LogP contribution in [0.15, 0.2) is 40.1 Å². The Bertz CT molecular complexity index is 1130. The van der Waals surface area contributed by atoms with Gasteiger partial charge in [-0.3, -0.25) is 14.3 Å². The first-order valence-electron chi connectivity index (χ1n) is 9.56. The maximum atomic E-state index is 12.8. The minimum absolute atomic E-state index is 0.0153. The monoisotopic (exact) mass is 363 g/mol. The van der Waals surface area contributed by atoms with Gasteiger partial charge < -0.3 is 5.32 Å². The number of nitrogens with zero attached hydrogens (tertiary/aromatic N) is 3.